The minimum atomic E-state index is -4.09. The first-order valence-corrected chi connectivity index (χ1v) is 14.4. The van der Waals surface area contributed by atoms with Crippen molar-refractivity contribution in [1.82, 2.24) is 24.7 Å². The van der Waals surface area contributed by atoms with Crippen molar-refractivity contribution in [2.75, 3.05) is 32.2 Å². The van der Waals surface area contributed by atoms with Gasteiger partial charge in [-0.1, -0.05) is 6.07 Å². The molecular formula is C26H36N6O6S. The molecule has 2 aromatic heterocycles. The number of aromatic nitrogens is 5. The average Bonchev–Trinajstić information content (AvgIpc) is 3.33. The summed E-state index contributed by atoms with van der Waals surface area (Å²) < 4.78 is 54.9. The van der Waals surface area contributed by atoms with E-state index in [-0.39, 0.29) is 23.8 Å². The first-order valence-electron chi connectivity index (χ1n) is 12.9. The molecule has 0 spiro atoms. The molecule has 0 amide bonds. The predicted octanol–water partition coefficient (Wildman–Crippen LogP) is 3.57. The number of rotatable bonds is 11. The van der Waals surface area contributed by atoms with Gasteiger partial charge in [0.2, 0.25) is 16.0 Å². The van der Waals surface area contributed by atoms with Gasteiger partial charge in [0.1, 0.15) is 34.4 Å². The first kappa shape index (κ1) is 28.7. The summed E-state index contributed by atoms with van der Waals surface area (Å²) in [6.45, 7) is 8.18. The number of benzene rings is 1. The van der Waals surface area contributed by atoms with Gasteiger partial charge in [0.25, 0.3) is 0 Å². The molecule has 39 heavy (non-hydrogen) atoms. The van der Waals surface area contributed by atoms with Crippen LogP contribution in [0.25, 0.3) is 5.69 Å². The summed E-state index contributed by atoms with van der Waals surface area (Å²) in [5.41, 5.74) is 1.34. The lowest BCUT2D eigenvalue weighted by molar-refractivity contribution is 0.00152. The number of methoxy groups -OCH3 is 2. The number of ether oxygens (including phenoxy) is 4. The Balaban J connectivity index is 1.79. The largest absolute Gasteiger partial charge is 0.494 e. The molecule has 1 aliphatic rings. The van der Waals surface area contributed by atoms with E-state index in [1.807, 2.05) is 20.8 Å². The van der Waals surface area contributed by atoms with Crippen molar-refractivity contribution in [2.45, 2.75) is 63.9 Å². The number of nitrogens with zero attached hydrogens (tertiary/aromatic N) is 5. The van der Waals surface area contributed by atoms with Gasteiger partial charge in [0.05, 0.1) is 26.9 Å². The van der Waals surface area contributed by atoms with E-state index in [0.29, 0.717) is 36.2 Å². The van der Waals surface area contributed by atoms with Gasteiger partial charge in [0.15, 0.2) is 5.82 Å². The third kappa shape index (κ3) is 6.31. The van der Waals surface area contributed by atoms with E-state index in [1.54, 1.807) is 42.1 Å². The molecule has 1 fully saturated rings. The van der Waals surface area contributed by atoms with E-state index in [4.69, 9.17) is 18.9 Å². The predicted molar refractivity (Wildman–Crippen MR) is 145 cm³/mol. The van der Waals surface area contributed by atoms with Gasteiger partial charge in [-0.15, -0.1) is 10.2 Å². The first-order chi connectivity index (χ1) is 18.7. The summed E-state index contributed by atoms with van der Waals surface area (Å²) in [4.78, 5) is 8.68. The molecule has 4 rings (SSSR count). The molecule has 0 radical (unpaired) electrons. The van der Waals surface area contributed by atoms with E-state index < -0.39 is 21.4 Å². The number of anilines is 1. The van der Waals surface area contributed by atoms with Gasteiger partial charge in [-0.05, 0) is 58.2 Å². The third-order valence-corrected chi connectivity index (χ3v) is 8.16. The topological polar surface area (TPSA) is 140 Å². The Kier molecular flexibility index (Phi) is 9.03. The van der Waals surface area contributed by atoms with Crippen molar-refractivity contribution in [1.29, 1.82) is 0 Å². The van der Waals surface area contributed by atoms with Crippen molar-refractivity contribution in [3.63, 3.8) is 0 Å². The number of aryl methyl sites for hydroxylation is 1. The number of para-hydroxylation sites is 1. The Bertz CT molecular complexity index is 1330. The Morgan fingerprint density at radius 2 is 1.74 bits per heavy atom. The highest BCUT2D eigenvalue weighted by Gasteiger charge is 2.36. The minimum absolute atomic E-state index is 0.00153. The lowest BCUT2D eigenvalue weighted by atomic mass is 10.0. The fourth-order valence-corrected chi connectivity index (χ4v) is 5.53. The number of hydrogen-bond donors (Lipinski definition) is 1. The molecule has 3 aromatic rings. The normalized spacial score (nSPS) is 17.6. The molecule has 0 saturated carbocycles. The maximum absolute atomic E-state index is 13.8. The summed E-state index contributed by atoms with van der Waals surface area (Å²) >= 11 is 0. The Hall–Kier alpha value is -3.29. The fraction of sp³-hybridized carbons (Fsp3) is 0.538. The molecule has 12 nitrogen and oxygen atoms in total. The molecule has 1 saturated heterocycles. The van der Waals surface area contributed by atoms with Crippen molar-refractivity contribution in [2.24, 2.45) is 0 Å². The molecular weight excluding hydrogens is 524 g/mol. The molecule has 212 valence electrons. The maximum atomic E-state index is 13.8. The second-order valence-corrected chi connectivity index (χ2v) is 11.8. The minimum Gasteiger partial charge on any atom is -0.494 e. The number of sulfonamides is 1. The summed E-state index contributed by atoms with van der Waals surface area (Å²) in [5.74, 6) is 1.65. The lowest BCUT2D eigenvalue weighted by Crippen LogP contribution is -2.35. The van der Waals surface area contributed by atoms with E-state index in [1.165, 1.54) is 14.2 Å². The highest BCUT2D eigenvalue weighted by Crippen LogP contribution is 2.38. The Morgan fingerprint density at radius 1 is 1.08 bits per heavy atom. The van der Waals surface area contributed by atoms with Crippen LogP contribution in [0.4, 0.5) is 5.95 Å². The third-order valence-electron chi connectivity index (χ3n) is 6.46. The SMILES string of the molecule is COc1cccc(OC)c1-n1c(NS(=O)(=O)[C@@H](C)[C@@H](OC(C)C)c2ncc(C)cn2)nnc1C1CCCOC1. The van der Waals surface area contributed by atoms with Gasteiger partial charge < -0.3 is 18.9 Å². The second kappa shape index (κ2) is 12.3. The maximum Gasteiger partial charge on any atom is 0.243 e. The number of nitrogens with one attached hydrogen (secondary N) is 1. The lowest BCUT2D eigenvalue weighted by Gasteiger charge is -2.26. The second-order valence-electron chi connectivity index (χ2n) is 9.72. The van der Waals surface area contributed by atoms with Crippen LogP contribution in [0.5, 0.6) is 11.5 Å². The Labute approximate surface area is 229 Å². The zero-order valence-corrected chi connectivity index (χ0v) is 23.9. The van der Waals surface area contributed by atoms with E-state index in [9.17, 15) is 8.42 Å². The Morgan fingerprint density at radius 3 is 2.31 bits per heavy atom. The van der Waals surface area contributed by atoms with Crippen molar-refractivity contribution < 1.29 is 27.4 Å². The van der Waals surface area contributed by atoms with E-state index in [0.717, 1.165) is 18.4 Å². The fourth-order valence-electron chi connectivity index (χ4n) is 4.45. The van der Waals surface area contributed by atoms with Crippen molar-refractivity contribution in [3.8, 4) is 17.2 Å². The van der Waals surface area contributed by atoms with Gasteiger partial charge in [-0.2, -0.15) is 0 Å². The zero-order chi connectivity index (χ0) is 28.2. The van der Waals surface area contributed by atoms with Crippen LogP contribution in [0.1, 0.15) is 62.8 Å². The number of hydrogen-bond acceptors (Lipinski definition) is 10. The quantitative estimate of drug-likeness (QED) is 0.370. The van der Waals surface area contributed by atoms with Crippen LogP contribution in [0.2, 0.25) is 0 Å². The molecule has 1 aliphatic heterocycles. The molecule has 1 unspecified atom stereocenters. The van der Waals surface area contributed by atoms with Crippen molar-refractivity contribution in [3.05, 3.63) is 47.8 Å². The molecule has 13 heteroatoms. The molecule has 1 N–H and O–H groups in total. The monoisotopic (exact) mass is 560 g/mol. The summed E-state index contributed by atoms with van der Waals surface area (Å²) in [6.07, 6.45) is 3.74. The highest BCUT2D eigenvalue weighted by molar-refractivity contribution is 7.93. The van der Waals surface area contributed by atoms with Gasteiger partial charge in [-0.25, -0.2) is 18.4 Å². The molecule has 3 atom stereocenters. The van der Waals surface area contributed by atoms with E-state index in [2.05, 4.69) is 24.9 Å². The van der Waals surface area contributed by atoms with Crippen LogP contribution in [-0.2, 0) is 19.5 Å². The van der Waals surface area contributed by atoms with Crippen LogP contribution < -0.4 is 14.2 Å². The molecule has 1 aromatic carbocycles. The van der Waals surface area contributed by atoms with Crippen molar-refractivity contribution >= 4 is 16.0 Å². The molecule has 3 heterocycles. The van der Waals surface area contributed by atoms with Gasteiger partial charge >= 0.3 is 0 Å². The summed E-state index contributed by atoms with van der Waals surface area (Å²) in [5, 5.41) is 7.61. The van der Waals surface area contributed by atoms with Crippen LogP contribution in [0.15, 0.2) is 30.6 Å². The average molecular weight is 561 g/mol. The molecule has 0 bridgehead atoms. The van der Waals surface area contributed by atoms with Crippen LogP contribution in [0.3, 0.4) is 0 Å². The standard InChI is InChI=1S/C26H36N6O6S/c1-16(2)38-23(24-27-13-17(3)14-28-24)18(4)39(33,34)31-26-30-29-25(19-9-8-12-37-15-19)32(26)22-20(35-5)10-7-11-21(22)36-6/h7,10-11,13-14,16,18-19,23H,8-9,12,15H2,1-6H3,(H,30,31)/t18-,19?,23+/m0/s1. The zero-order valence-electron chi connectivity index (χ0n) is 23.1. The van der Waals surface area contributed by atoms with Crippen LogP contribution >= 0.6 is 0 Å². The van der Waals surface area contributed by atoms with Gasteiger partial charge in [-0.3, -0.25) is 9.29 Å². The summed E-state index contributed by atoms with van der Waals surface area (Å²) in [6, 6.07) is 5.32. The smallest absolute Gasteiger partial charge is 0.243 e. The van der Waals surface area contributed by atoms with Crippen LogP contribution in [0, 0.1) is 6.92 Å². The van der Waals surface area contributed by atoms with Crippen LogP contribution in [-0.4, -0.2) is 71.9 Å². The molecule has 0 aliphatic carbocycles. The van der Waals surface area contributed by atoms with E-state index >= 15 is 0 Å². The van der Waals surface area contributed by atoms with Gasteiger partial charge in [0, 0.05) is 24.9 Å². The highest BCUT2D eigenvalue weighted by atomic mass is 32.2. The summed E-state index contributed by atoms with van der Waals surface area (Å²) in [7, 11) is -1.02.